The maximum Gasteiger partial charge on any atom is 0.180 e. The number of hydrogen-bond donors (Lipinski definition) is 0. The lowest BCUT2D eigenvalue weighted by Crippen LogP contribution is -2.12. The molecule has 0 radical (unpaired) electrons. The van der Waals surface area contributed by atoms with Crippen molar-refractivity contribution in [1.82, 2.24) is 9.55 Å². The normalized spacial score (nSPS) is 11.7. The van der Waals surface area contributed by atoms with Crippen molar-refractivity contribution in [2.45, 2.75) is 11.4 Å². The minimum atomic E-state index is -3.32. The van der Waals surface area contributed by atoms with E-state index in [2.05, 4.69) is 4.98 Å². The first-order chi connectivity index (χ1) is 8.50. The molecule has 0 saturated heterocycles. The average Bonchev–Trinajstić information content (AvgIpc) is 2.69. The Morgan fingerprint density at radius 3 is 2.39 bits per heavy atom. The van der Waals surface area contributed by atoms with E-state index >= 15 is 0 Å². The Kier molecular flexibility index (Phi) is 3.94. The van der Waals surface area contributed by atoms with Crippen LogP contribution >= 0.6 is 23.2 Å². The van der Waals surface area contributed by atoms with Crippen molar-refractivity contribution in [3.8, 4) is 0 Å². The van der Waals surface area contributed by atoms with E-state index in [4.69, 9.17) is 23.2 Å². The molecular formula is C11H10Cl2N2O2S. The zero-order chi connectivity index (χ0) is 13.2. The van der Waals surface area contributed by atoms with Crippen molar-refractivity contribution in [3.05, 3.63) is 47.0 Å². The minimum absolute atomic E-state index is 0.0522. The Morgan fingerprint density at radius 1 is 1.17 bits per heavy atom. The summed E-state index contributed by atoms with van der Waals surface area (Å²) in [4.78, 5) is 4.09. The van der Waals surface area contributed by atoms with Crippen LogP contribution in [0, 0.1) is 0 Å². The number of aryl methyl sites for hydroxylation is 1. The van der Waals surface area contributed by atoms with E-state index in [1.54, 1.807) is 30.3 Å². The first kappa shape index (κ1) is 13.4. The highest BCUT2D eigenvalue weighted by Gasteiger charge is 2.15. The SMILES string of the molecule is O=S(=O)(CCn1cnc(Cl)c1Cl)c1ccccc1. The minimum Gasteiger partial charge on any atom is -0.319 e. The summed E-state index contributed by atoms with van der Waals surface area (Å²) in [5.74, 6) is -0.0522. The second kappa shape index (κ2) is 5.30. The highest BCUT2D eigenvalue weighted by atomic mass is 35.5. The molecule has 2 aromatic rings. The molecule has 96 valence electrons. The third kappa shape index (κ3) is 2.85. The predicted octanol–water partition coefficient (Wildman–Crippen LogP) is 2.66. The van der Waals surface area contributed by atoms with Gasteiger partial charge in [0.05, 0.1) is 17.0 Å². The first-order valence-corrected chi connectivity index (χ1v) is 7.55. The van der Waals surface area contributed by atoms with E-state index in [1.165, 1.54) is 10.9 Å². The van der Waals surface area contributed by atoms with Gasteiger partial charge in [-0.3, -0.25) is 0 Å². The second-order valence-corrected chi connectivity index (χ2v) is 6.48. The molecule has 0 aliphatic carbocycles. The van der Waals surface area contributed by atoms with Gasteiger partial charge in [-0.15, -0.1) is 0 Å². The van der Waals surface area contributed by atoms with Crippen LogP contribution in [0.4, 0.5) is 0 Å². The summed E-state index contributed by atoms with van der Waals surface area (Å²) in [5, 5.41) is 0.425. The predicted molar refractivity (Wildman–Crippen MR) is 70.7 cm³/mol. The van der Waals surface area contributed by atoms with Crippen LogP contribution < -0.4 is 0 Å². The van der Waals surface area contributed by atoms with Crippen LogP contribution in [0.1, 0.15) is 0 Å². The largest absolute Gasteiger partial charge is 0.319 e. The molecule has 0 aliphatic rings. The molecule has 7 heteroatoms. The van der Waals surface area contributed by atoms with Crippen LogP contribution in [-0.4, -0.2) is 23.7 Å². The summed E-state index contributed by atoms with van der Waals surface area (Å²) in [5.41, 5.74) is 0. The van der Waals surface area contributed by atoms with E-state index in [-0.39, 0.29) is 22.6 Å². The smallest absolute Gasteiger partial charge is 0.180 e. The molecule has 0 amide bonds. The van der Waals surface area contributed by atoms with Gasteiger partial charge in [0.1, 0.15) is 5.15 Å². The third-order valence-corrected chi connectivity index (χ3v) is 4.92. The Labute approximate surface area is 115 Å². The standard InChI is InChI=1S/C11H10Cl2N2O2S/c12-10-11(13)15(8-14-10)6-7-18(16,17)9-4-2-1-3-5-9/h1-5,8H,6-7H2. The van der Waals surface area contributed by atoms with Gasteiger partial charge >= 0.3 is 0 Å². The van der Waals surface area contributed by atoms with Crippen LogP contribution in [0.2, 0.25) is 10.3 Å². The number of imidazole rings is 1. The second-order valence-electron chi connectivity index (χ2n) is 3.65. The lowest BCUT2D eigenvalue weighted by atomic mass is 10.4. The topological polar surface area (TPSA) is 52.0 Å². The molecule has 0 saturated carbocycles. The number of nitrogens with zero attached hydrogens (tertiary/aromatic N) is 2. The van der Waals surface area contributed by atoms with Crippen molar-refractivity contribution in [1.29, 1.82) is 0 Å². The van der Waals surface area contributed by atoms with Gasteiger partial charge in [0, 0.05) is 6.54 Å². The number of benzene rings is 1. The molecule has 1 aromatic heterocycles. The van der Waals surface area contributed by atoms with Crippen molar-refractivity contribution in [2.24, 2.45) is 0 Å². The first-order valence-electron chi connectivity index (χ1n) is 5.14. The van der Waals surface area contributed by atoms with E-state index in [0.29, 0.717) is 4.90 Å². The van der Waals surface area contributed by atoms with Crippen LogP contribution in [0.3, 0.4) is 0 Å². The molecule has 0 fully saturated rings. The van der Waals surface area contributed by atoms with Crippen molar-refractivity contribution < 1.29 is 8.42 Å². The molecule has 0 N–H and O–H groups in total. The lowest BCUT2D eigenvalue weighted by Gasteiger charge is -2.05. The molecule has 2 rings (SSSR count). The lowest BCUT2D eigenvalue weighted by molar-refractivity contribution is 0.589. The summed E-state index contributed by atoms with van der Waals surface area (Å²) in [6.07, 6.45) is 1.42. The van der Waals surface area contributed by atoms with Gasteiger partial charge in [-0.25, -0.2) is 13.4 Å². The van der Waals surface area contributed by atoms with Gasteiger partial charge in [-0.1, -0.05) is 41.4 Å². The summed E-state index contributed by atoms with van der Waals surface area (Å²) < 4.78 is 25.5. The monoisotopic (exact) mass is 304 g/mol. The Hall–Kier alpha value is -1.04. The van der Waals surface area contributed by atoms with Crippen LogP contribution in [0.5, 0.6) is 0 Å². The number of sulfone groups is 1. The maximum absolute atomic E-state index is 12.0. The van der Waals surface area contributed by atoms with Crippen LogP contribution in [0.25, 0.3) is 0 Å². The Morgan fingerprint density at radius 2 is 1.83 bits per heavy atom. The van der Waals surface area contributed by atoms with Gasteiger partial charge in [0.2, 0.25) is 0 Å². The summed E-state index contributed by atoms with van der Waals surface area (Å²) in [7, 11) is -3.32. The fourth-order valence-electron chi connectivity index (χ4n) is 1.46. The van der Waals surface area contributed by atoms with Gasteiger partial charge in [0.15, 0.2) is 15.0 Å². The molecule has 0 unspecified atom stereocenters. The number of aromatic nitrogens is 2. The zero-order valence-corrected chi connectivity index (χ0v) is 11.6. The van der Waals surface area contributed by atoms with Crippen LogP contribution in [-0.2, 0) is 16.4 Å². The molecule has 1 heterocycles. The fourth-order valence-corrected chi connectivity index (χ4v) is 3.04. The van der Waals surface area contributed by atoms with E-state index in [1.807, 2.05) is 0 Å². The molecule has 0 spiro atoms. The van der Waals surface area contributed by atoms with Crippen molar-refractivity contribution in [3.63, 3.8) is 0 Å². The molecule has 1 aromatic carbocycles. The highest BCUT2D eigenvalue weighted by molar-refractivity contribution is 7.91. The quantitative estimate of drug-likeness (QED) is 0.872. The fraction of sp³-hybridized carbons (Fsp3) is 0.182. The molecule has 18 heavy (non-hydrogen) atoms. The van der Waals surface area contributed by atoms with Crippen molar-refractivity contribution in [2.75, 3.05) is 5.75 Å². The van der Waals surface area contributed by atoms with Crippen LogP contribution in [0.15, 0.2) is 41.6 Å². The van der Waals surface area contributed by atoms with Crippen molar-refractivity contribution >= 4 is 33.0 Å². The molecular weight excluding hydrogens is 295 g/mol. The van der Waals surface area contributed by atoms with Gasteiger partial charge < -0.3 is 4.57 Å². The molecule has 0 atom stereocenters. The van der Waals surface area contributed by atoms with Gasteiger partial charge in [-0.2, -0.15) is 0 Å². The number of hydrogen-bond acceptors (Lipinski definition) is 3. The summed E-state index contributed by atoms with van der Waals surface area (Å²) in [6, 6.07) is 8.28. The Bertz CT molecular complexity index is 638. The Balaban J connectivity index is 2.13. The molecule has 0 bridgehead atoms. The van der Waals surface area contributed by atoms with E-state index in [0.717, 1.165) is 0 Å². The van der Waals surface area contributed by atoms with E-state index in [9.17, 15) is 8.42 Å². The zero-order valence-electron chi connectivity index (χ0n) is 9.25. The highest BCUT2D eigenvalue weighted by Crippen LogP contribution is 2.20. The van der Waals surface area contributed by atoms with Gasteiger partial charge in [0.25, 0.3) is 0 Å². The maximum atomic E-state index is 12.0. The summed E-state index contributed by atoms with van der Waals surface area (Å²) in [6.45, 7) is 0.218. The molecule has 0 aliphatic heterocycles. The third-order valence-electron chi connectivity index (χ3n) is 2.44. The number of rotatable bonds is 4. The average molecular weight is 305 g/mol. The summed E-state index contributed by atoms with van der Waals surface area (Å²) >= 11 is 11.5. The van der Waals surface area contributed by atoms with E-state index < -0.39 is 9.84 Å². The number of halogens is 2. The molecule has 4 nitrogen and oxygen atoms in total. The van der Waals surface area contributed by atoms with Gasteiger partial charge in [-0.05, 0) is 12.1 Å².